The zero-order valence-electron chi connectivity index (χ0n) is 12.3. The fraction of sp³-hybridized carbons (Fsp3) is 0.812. The maximum absolute atomic E-state index is 12.6. The molecular weight excluding hydrogens is 236 g/mol. The summed E-state index contributed by atoms with van der Waals surface area (Å²) in [7, 11) is 0. The Kier molecular flexibility index (Phi) is 5.90. The zero-order chi connectivity index (χ0) is 13.5. The maximum atomic E-state index is 12.6. The van der Waals surface area contributed by atoms with E-state index in [1.165, 1.54) is 31.3 Å². The number of carbonyl (C=O) groups is 1. The van der Waals surface area contributed by atoms with Crippen molar-refractivity contribution in [3.05, 3.63) is 11.6 Å². The van der Waals surface area contributed by atoms with E-state index in [0.29, 0.717) is 18.4 Å². The van der Waals surface area contributed by atoms with E-state index in [-0.39, 0.29) is 0 Å². The predicted molar refractivity (Wildman–Crippen MR) is 79.1 cm³/mol. The zero-order valence-corrected chi connectivity index (χ0v) is 12.3. The number of allylic oxidation sites excluding steroid dienone is 1. The first-order chi connectivity index (χ1) is 9.31. The molecule has 1 heterocycles. The van der Waals surface area contributed by atoms with Crippen molar-refractivity contribution in [2.45, 2.75) is 64.3 Å². The molecule has 0 bridgehead atoms. The molecule has 1 unspecified atom stereocenters. The van der Waals surface area contributed by atoms with Crippen molar-refractivity contribution in [1.82, 2.24) is 10.2 Å². The van der Waals surface area contributed by atoms with Crippen LogP contribution in [0.15, 0.2) is 11.6 Å². The number of carbonyl (C=O) groups excluding carboxylic acids is 1. The van der Waals surface area contributed by atoms with Crippen LogP contribution < -0.4 is 5.32 Å². The van der Waals surface area contributed by atoms with Crippen LogP contribution in [0.1, 0.15) is 58.3 Å². The first-order valence-corrected chi connectivity index (χ1v) is 7.99. The molecule has 0 aromatic heterocycles. The highest BCUT2D eigenvalue weighted by Gasteiger charge is 2.25. The van der Waals surface area contributed by atoms with Crippen molar-refractivity contribution in [3.8, 4) is 0 Å². The van der Waals surface area contributed by atoms with Crippen molar-refractivity contribution in [2.75, 3.05) is 19.6 Å². The van der Waals surface area contributed by atoms with Gasteiger partial charge in [0.05, 0.1) is 0 Å². The molecule has 0 saturated carbocycles. The number of amides is 1. The third kappa shape index (κ3) is 4.34. The molecule has 0 radical (unpaired) electrons. The van der Waals surface area contributed by atoms with Crippen LogP contribution in [0, 0.1) is 0 Å². The van der Waals surface area contributed by atoms with Gasteiger partial charge in [-0.3, -0.25) is 4.79 Å². The van der Waals surface area contributed by atoms with Crippen molar-refractivity contribution >= 4 is 5.91 Å². The van der Waals surface area contributed by atoms with E-state index >= 15 is 0 Å². The molecule has 1 atom stereocenters. The molecule has 1 fully saturated rings. The van der Waals surface area contributed by atoms with Crippen LogP contribution in [0.2, 0.25) is 0 Å². The summed E-state index contributed by atoms with van der Waals surface area (Å²) in [6.45, 7) is 5.16. The highest BCUT2D eigenvalue weighted by Crippen LogP contribution is 2.22. The summed E-state index contributed by atoms with van der Waals surface area (Å²) in [6.07, 6.45) is 11.2. The minimum absolute atomic E-state index is 0.351. The van der Waals surface area contributed by atoms with Gasteiger partial charge < -0.3 is 10.2 Å². The van der Waals surface area contributed by atoms with Crippen molar-refractivity contribution in [2.24, 2.45) is 0 Å². The van der Waals surface area contributed by atoms with Gasteiger partial charge in [0.2, 0.25) is 5.91 Å². The average molecular weight is 264 g/mol. The van der Waals surface area contributed by atoms with Crippen LogP contribution in [0.5, 0.6) is 0 Å². The van der Waals surface area contributed by atoms with Gasteiger partial charge in [-0.25, -0.2) is 0 Å². The molecule has 0 aromatic carbocycles. The van der Waals surface area contributed by atoms with E-state index in [2.05, 4.69) is 23.2 Å². The van der Waals surface area contributed by atoms with Gasteiger partial charge in [-0.05, 0) is 51.5 Å². The molecule has 2 aliphatic rings. The second-order valence-electron chi connectivity index (χ2n) is 5.87. The topological polar surface area (TPSA) is 32.3 Å². The van der Waals surface area contributed by atoms with Crippen LogP contribution in [0.3, 0.4) is 0 Å². The molecule has 0 spiro atoms. The largest absolute Gasteiger partial charge is 0.338 e. The van der Waals surface area contributed by atoms with Crippen LogP contribution in [0.4, 0.5) is 0 Å². The standard InChI is InChI=1S/C16H28N2O/c1-2-11-18(15-9-6-10-17-13-15)16(19)12-14-7-4-3-5-8-14/h7,15,17H,2-6,8-13H2,1H3. The third-order valence-corrected chi connectivity index (χ3v) is 4.26. The lowest BCUT2D eigenvalue weighted by atomic mass is 9.96. The predicted octanol–water partition coefficient (Wildman–Crippen LogP) is 2.87. The van der Waals surface area contributed by atoms with Gasteiger partial charge in [-0.15, -0.1) is 0 Å². The molecule has 1 saturated heterocycles. The Bertz CT molecular complexity index is 319. The fourth-order valence-corrected chi connectivity index (χ4v) is 3.21. The highest BCUT2D eigenvalue weighted by atomic mass is 16.2. The normalized spacial score (nSPS) is 23.8. The van der Waals surface area contributed by atoms with Gasteiger partial charge >= 0.3 is 0 Å². The quantitative estimate of drug-likeness (QED) is 0.774. The molecule has 1 N–H and O–H groups in total. The molecule has 3 nitrogen and oxygen atoms in total. The molecule has 1 aliphatic heterocycles. The van der Waals surface area contributed by atoms with Crippen LogP contribution in [-0.2, 0) is 4.79 Å². The maximum Gasteiger partial charge on any atom is 0.226 e. The molecule has 0 aromatic rings. The molecule has 1 amide bonds. The Morgan fingerprint density at radius 3 is 2.95 bits per heavy atom. The van der Waals surface area contributed by atoms with Gasteiger partial charge in [-0.1, -0.05) is 18.6 Å². The Morgan fingerprint density at radius 2 is 2.32 bits per heavy atom. The summed E-state index contributed by atoms with van der Waals surface area (Å²) in [5, 5.41) is 3.42. The number of nitrogens with zero attached hydrogens (tertiary/aromatic N) is 1. The smallest absolute Gasteiger partial charge is 0.226 e. The lowest BCUT2D eigenvalue weighted by Gasteiger charge is -2.35. The lowest BCUT2D eigenvalue weighted by Crippen LogP contribution is -2.49. The summed E-state index contributed by atoms with van der Waals surface area (Å²) in [6, 6.07) is 0.422. The number of hydrogen-bond acceptors (Lipinski definition) is 2. The van der Waals surface area contributed by atoms with Crippen molar-refractivity contribution in [1.29, 1.82) is 0 Å². The SMILES string of the molecule is CCCN(C(=O)CC1=CCCCC1)C1CCCNC1. The molecule has 19 heavy (non-hydrogen) atoms. The summed E-state index contributed by atoms with van der Waals surface area (Å²) in [5.74, 6) is 0.351. The van der Waals surface area contributed by atoms with Gasteiger partial charge in [0.1, 0.15) is 0 Å². The number of piperidine rings is 1. The van der Waals surface area contributed by atoms with Gasteiger partial charge in [0.15, 0.2) is 0 Å². The van der Waals surface area contributed by atoms with Crippen molar-refractivity contribution < 1.29 is 4.79 Å². The Hall–Kier alpha value is -0.830. The Labute approximate surface area is 117 Å². The van der Waals surface area contributed by atoms with Crippen LogP contribution in [0.25, 0.3) is 0 Å². The second-order valence-corrected chi connectivity index (χ2v) is 5.87. The van der Waals surface area contributed by atoms with E-state index in [4.69, 9.17) is 0 Å². The fourth-order valence-electron chi connectivity index (χ4n) is 3.21. The first-order valence-electron chi connectivity index (χ1n) is 7.99. The highest BCUT2D eigenvalue weighted by molar-refractivity contribution is 5.79. The summed E-state index contributed by atoms with van der Waals surface area (Å²) in [4.78, 5) is 14.7. The Morgan fingerprint density at radius 1 is 1.42 bits per heavy atom. The monoisotopic (exact) mass is 264 g/mol. The van der Waals surface area contributed by atoms with E-state index in [1.807, 2.05) is 0 Å². The van der Waals surface area contributed by atoms with Gasteiger partial charge in [0, 0.05) is 25.6 Å². The lowest BCUT2D eigenvalue weighted by molar-refractivity contribution is -0.133. The number of nitrogens with one attached hydrogen (secondary N) is 1. The molecular formula is C16H28N2O. The summed E-state index contributed by atoms with van der Waals surface area (Å²) in [5.41, 5.74) is 1.38. The molecule has 2 rings (SSSR count). The van der Waals surface area contributed by atoms with Gasteiger partial charge in [-0.2, -0.15) is 0 Å². The Balaban J connectivity index is 1.92. The molecule has 3 heteroatoms. The molecule has 1 aliphatic carbocycles. The molecule has 108 valence electrons. The van der Waals surface area contributed by atoms with E-state index in [0.717, 1.165) is 38.9 Å². The summed E-state index contributed by atoms with van der Waals surface area (Å²) < 4.78 is 0. The minimum Gasteiger partial charge on any atom is -0.338 e. The van der Waals surface area contributed by atoms with Gasteiger partial charge in [0.25, 0.3) is 0 Å². The average Bonchev–Trinajstić information content (AvgIpc) is 2.46. The number of hydrogen-bond donors (Lipinski definition) is 1. The third-order valence-electron chi connectivity index (χ3n) is 4.26. The van der Waals surface area contributed by atoms with Crippen LogP contribution in [-0.4, -0.2) is 36.5 Å². The van der Waals surface area contributed by atoms with E-state index < -0.39 is 0 Å². The number of rotatable bonds is 5. The van der Waals surface area contributed by atoms with E-state index in [1.54, 1.807) is 0 Å². The first kappa shape index (κ1) is 14.6. The van der Waals surface area contributed by atoms with Crippen LogP contribution >= 0.6 is 0 Å². The summed E-state index contributed by atoms with van der Waals surface area (Å²) >= 11 is 0. The minimum atomic E-state index is 0.351. The van der Waals surface area contributed by atoms with E-state index in [9.17, 15) is 4.79 Å². The second kappa shape index (κ2) is 7.68. The van der Waals surface area contributed by atoms with Crippen molar-refractivity contribution in [3.63, 3.8) is 0 Å².